The first kappa shape index (κ1) is 20.4. The van der Waals surface area contributed by atoms with Gasteiger partial charge in [-0.15, -0.1) is 0 Å². The van der Waals surface area contributed by atoms with E-state index in [1.165, 1.54) is 30.9 Å². The molecule has 144 valence electrons. The number of nitro groups is 1. The summed E-state index contributed by atoms with van der Waals surface area (Å²) in [6.07, 6.45) is 0.968. The van der Waals surface area contributed by atoms with Gasteiger partial charge in [-0.25, -0.2) is 0 Å². The number of ether oxygens (including phenoxy) is 1. The Bertz CT molecular complexity index is 803. The van der Waals surface area contributed by atoms with Gasteiger partial charge in [-0.3, -0.25) is 14.9 Å². The van der Waals surface area contributed by atoms with Crippen LogP contribution in [0.25, 0.3) is 0 Å². The molecule has 7 heteroatoms. The van der Waals surface area contributed by atoms with Gasteiger partial charge in [0, 0.05) is 18.7 Å². The van der Waals surface area contributed by atoms with Crippen LogP contribution < -0.4 is 10.1 Å². The maximum atomic E-state index is 12.6. The van der Waals surface area contributed by atoms with Gasteiger partial charge in [-0.1, -0.05) is 31.2 Å². The SMILES string of the molecule is CCc1ccc(C(CNC(=O)c2cc([N+](=O)[O-])ccc2OC)N(C)C)cc1. The van der Waals surface area contributed by atoms with Gasteiger partial charge in [0.25, 0.3) is 11.6 Å². The number of benzene rings is 2. The molecule has 1 atom stereocenters. The lowest BCUT2D eigenvalue weighted by Crippen LogP contribution is -2.34. The Hall–Kier alpha value is -2.93. The molecule has 0 aliphatic carbocycles. The summed E-state index contributed by atoms with van der Waals surface area (Å²) in [4.78, 5) is 25.1. The molecule has 1 N–H and O–H groups in total. The van der Waals surface area contributed by atoms with Crippen molar-refractivity contribution in [2.45, 2.75) is 19.4 Å². The van der Waals surface area contributed by atoms with E-state index in [1.54, 1.807) is 0 Å². The fraction of sp³-hybridized carbons (Fsp3) is 0.350. The van der Waals surface area contributed by atoms with Crippen molar-refractivity contribution in [3.8, 4) is 5.75 Å². The zero-order chi connectivity index (χ0) is 20.0. The van der Waals surface area contributed by atoms with Gasteiger partial charge in [-0.2, -0.15) is 0 Å². The van der Waals surface area contributed by atoms with E-state index in [9.17, 15) is 14.9 Å². The van der Waals surface area contributed by atoms with Crippen LogP contribution in [0.1, 0.15) is 34.5 Å². The van der Waals surface area contributed by atoms with E-state index in [4.69, 9.17) is 4.74 Å². The van der Waals surface area contributed by atoms with Gasteiger partial charge < -0.3 is 15.0 Å². The monoisotopic (exact) mass is 371 g/mol. The van der Waals surface area contributed by atoms with Crippen LogP contribution in [-0.2, 0) is 6.42 Å². The molecule has 0 saturated carbocycles. The molecule has 2 aromatic carbocycles. The molecule has 0 spiro atoms. The lowest BCUT2D eigenvalue weighted by atomic mass is 10.0. The van der Waals surface area contributed by atoms with Gasteiger partial charge in [-0.05, 0) is 37.7 Å². The Morgan fingerprint density at radius 1 is 1.22 bits per heavy atom. The Morgan fingerprint density at radius 2 is 1.89 bits per heavy atom. The second-order valence-electron chi connectivity index (χ2n) is 6.43. The molecule has 0 saturated heterocycles. The molecule has 7 nitrogen and oxygen atoms in total. The van der Waals surface area contributed by atoms with E-state index in [0.717, 1.165) is 12.0 Å². The number of non-ortho nitro benzene ring substituents is 1. The van der Waals surface area contributed by atoms with Crippen molar-refractivity contribution in [3.05, 3.63) is 69.3 Å². The van der Waals surface area contributed by atoms with Crippen LogP contribution >= 0.6 is 0 Å². The third-order valence-electron chi connectivity index (χ3n) is 4.49. The summed E-state index contributed by atoms with van der Waals surface area (Å²) in [7, 11) is 5.31. The van der Waals surface area contributed by atoms with E-state index in [1.807, 2.05) is 19.0 Å². The summed E-state index contributed by atoms with van der Waals surface area (Å²) in [6.45, 7) is 2.47. The number of rotatable bonds is 8. The minimum Gasteiger partial charge on any atom is -0.496 e. The molecule has 0 fully saturated rings. The summed E-state index contributed by atoms with van der Waals surface area (Å²) in [5.41, 5.74) is 2.33. The molecule has 27 heavy (non-hydrogen) atoms. The standard InChI is InChI=1S/C20H25N3O4/c1-5-14-6-8-15(9-7-14)18(22(2)3)13-21-20(24)17-12-16(23(25)26)10-11-19(17)27-4/h6-12,18H,5,13H2,1-4H3,(H,21,24). The van der Waals surface area contributed by atoms with Gasteiger partial charge in [0.15, 0.2) is 0 Å². The zero-order valence-electron chi connectivity index (χ0n) is 16.1. The van der Waals surface area contributed by atoms with Crippen molar-refractivity contribution >= 4 is 11.6 Å². The number of nitro benzene ring substituents is 1. The highest BCUT2D eigenvalue weighted by Gasteiger charge is 2.20. The number of hydrogen-bond donors (Lipinski definition) is 1. The molecule has 0 heterocycles. The van der Waals surface area contributed by atoms with Crippen LogP contribution in [0, 0.1) is 10.1 Å². The maximum absolute atomic E-state index is 12.6. The average Bonchev–Trinajstić information content (AvgIpc) is 2.67. The molecule has 0 aliphatic rings. The highest BCUT2D eigenvalue weighted by Crippen LogP contribution is 2.24. The topological polar surface area (TPSA) is 84.7 Å². The number of nitrogens with zero attached hydrogens (tertiary/aromatic N) is 2. The van der Waals surface area contributed by atoms with Crippen molar-refractivity contribution in [3.63, 3.8) is 0 Å². The fourth-order valence-electron chi connectivity index (χ4n) is 2.85. The van der Waals surface area contributed by atoms with E-state index in [2.05, 4.69) is 36.5 Å². The first-order chi connectivity index (χ1) is 12.9. The molecule has 2 rings (SSSR count). The molecule has 1 unspecified atom stereocenters. The van der Waals surface area contributed by atoms with E-state index >= 15 is 0 Å². The summed E-state index contributed by atoms with van der Waals surface area (Å²) in [5.74, 6) is -0.112. The van der Waals surface area contributed by atoms with Crippen LogP contribution in [0.15, 0.2) is 42.5 Å². The van der Waals surface area contributed by atoms with E-state index in [-0.39, 0.29) is 17.3 Å². The highest BCUT2D eigenvalue weighted by atomic mass is 16.6. The minimum absolute atomic E-state index is 0.0236. The third kappa shape index (κ3) is 5.04. The normalized spacial score (nSPS) is 11.9. The van der Waals surface area contributed by atoms with Crippen LogP contribution in [0.3, 0.4) is 0 Å². The number of hydrogen-bond acceptors (Lipinski definition) is 5. The Morgan fingerprint density at radius 3 is 2.41 bits per heavy atom. The number of carbonyl (C=O) groups is 1. The van der Waals surface area contributed by atoms with Gasteiger partial charge in [0.1, 0.15) is 5.75 Å². The Labute approximate surface area is 159 Å². The smallest absolute Gasteiger partial charge is 0.270 e. The van der Waals surface area contributed by atoms with Crippen molar-refractivity contribution in [2.24, 2.45) is 0 Å². The second kappa shape index (κ2) is 9.14. The van der Waals surface area contributed by atoms with Crippen LogP contribution in [0.5, 0.6) is 5.75 Å². The summed E-state index contributed by atoms with van der Waals surface area (Å²) in [6, 6.07) is 12.2. The lowest BCUT2D eigenvalue weighted by molar-refractivity contribution is -0.384. The molecular formula is C20H25N3O4. The van der Waals surface area contributed by atoms with E-state index < -0.39 is 10.8 Å². The van der Waals surface area contributed by atoms with Crippen LogP contribution in [0.2, 0.25) is 0 Å². The molecule has 0 aliphatic heterocycles. The number of likely N-dealkylation sites (N-methyl/N-ethyl adjacent to an activating group) is 1. The average molecular weight is 371 g/mol. The molecular weight excluding hydrogens is 346 g/mol. The van der Waals surface area contributed by atoms with Crippen LogP contribution in [-0.4, -0.2) is 43.5 Å². The maximum Gasteiger partial charge on any atom is 0.270 e. The summed E-state index contributed by atoms with van der Waals surface area (Å²) in [5, 5.41) is 13.9. The number of carbonyl (C=O) groups excluding carboxylic acids is 1. The number of nitrogens with one attached hydrogen (secondary N) is 1. The van der Waals surface area contributed by atoms with Crippen LogP contribution in [0.4, 0.5) is 5.69 Å². The predicted octanol–water partition coefficient (Wildman–Crippen LogP) is 3.20. The third-order valence-corrected chi connectivity index (χ3v) is 4.49. The first-order valence-corrected chi connectivity index (χ1v) is 8.73. The van der Waals surface area contributed by atoms with Crippen molar-refractivity contribution in [1.29, 1.82) is 0 Å². The number of aryl methyl sites for hydroxylation is 1. The van der Waals surface area contributed by atoms with E-state index in [0.29, 0.717) is 12.3 Å². The van der Waals surface area contributed by atoms with Gasteiger partial charge in [0.05, 0.1) is 23.6 Å². The summed E-state index contributed by atoms with van der Waals surface area (Å²) >= 11 is 0. The zero-order valence-corrected chi connectivity index (χ0v) is 16.1. The Kier molecular flexibility index (Phi) is 6.90. The largest absolute Gasteiger partial charge is 0.496 e. The molecule has 0 aromatic heterocycles. The highest BCUT2D eigenvalue weighted by molar-refractivity contribution is 5.97. The number of amides is 1. The Balaban J connectivity index is 2.18. The lowest BCUT2D eigenvalue weighted by Gasteiger charge is -2.25. The predicted molar refractivity (Wildman–Crippen MR) is 104 cm³/mol. The molecule has 2 aromatic rings. The molecule has 1 amide bonds. The van der Waals surface area contributed by atoms with Crippen molar-refractivity contribution in [2.75, 3.05) is 27.7 Å². The minimum atomic E-state index is -0.534. The molecule has 0 bridgehead atoms. The summed E-state index contributed by atoms with van der Waals surface area (Å²) < 4.78 is 5.17. The van der Waals surface area contributed by atoms with Gasteiger partial charge in [0.2, 0.25) is 0 Å². The van der Waals surface area contributed by atoms with Gasteiger partial charge >= 0.3 is 0 Å². The quantitative estimate of drug-likeness (QED) is 0.569. The second-order valence-corrected chi connectivity index (χ2v) is 6.43. The van der Waals surface area contributed by atoms with Crippen molar-refractivity contribution < 1.29 is 14.5 Å². The first-order valence-electron chi connectivity index (χ1n) is 8.73. The fourth-order valence-corrected chi connectivity index (χ4v) is 2.85. The molecule has 0 radical (unpaired) electrons. The van der Waals surface area contributed by atoms with Crippen molar-refractivity contribution in [1.82, 2.24) is 10.2 Å². The number of methoxy groups -OCH3 is 1.